The Morgan fingerprint density at radius 3 is 1.94 bits per heavy atom. The van der Waals surface area contributed by atoms with Crippen LogP contribution in [0.5, 0.6) is 5.75 Å². The lowest BCUT2D eigenvalue weighted by atomic mass is 10.2. The summed E-state index contributed by atoms with van der Waals surface area (Å²) in [7, 11) is -5.83. The van der Waals surface area contributed by atoms with Gasteiger partial charge < -0.3 is 9.64 Å². The molecule has 1 fully saturated rings. The number of nitrogens with one attached hydrogen (secondary N) is 1. The maximum Gasteiger partial charge on any atom is 0.261 e. The Bertz CT molecular complexity index is 1310. The van der Waals surface area contributed by atoms with Crippen LogP contribution in [0.25, 0.3) is 0 Å². The van der Waals surface area contributed by atoms with Gasteiger partial charge in [0.15, 0.2) is 0 Å². The Hall–Kier alpha value is -2.79. The molecule has 1 heterocycles. The fourth-order valence-electron chi connectivity index (χ4n) is 3.72. The fraction of sp³-hybridized carbons (Fsp3) is 0.217. The second-order valence-corrected chi connectivity index (χ2v) is 11.1. The largest absolute Gasteiger partial charge is 0.495 e. The highest BCUT2D eigenvalue weighted by Crippen LogP contribution is 2.29. The molecular weight excluding hydrogens is 498 g/mol. The summed E-state index contributed by atoms with van der Waals surface area (Å²) in [6, 6.07) is 21.4. The van der Waals surface area contributed by atoms with Crippen LogP contribution in [0.2, 0.25) is 0 Å². The third-order valence-electron chi connectivity index (χ3n) is 5.46. The molecule has 0 atom stereocenters. The Balaban J connectivity index is 0.00000324. The number of hydrogen-bond acceptors (Lipinski definition) is 6. The smallest absolute Gasteiger partial charge is 0.261 e. The monoisotopic (exact) mass is 523 g/mol. The first-order chi connectivity index (χ1) is 15.8. The second-order valence-electron chi connectivity index (χ2n) is 7.51. The van der Waals surface area contributed by atoms with Gasteiger partial charge in [-0.1, -0.05) is 30.3 Å². The number of sulfonamides is 2. The number of methoxy groups -OCH3 is 1. The number of hydrogen-bond donors (Lipinski definition) is 1. The fourth-order valence-corrected chi connectivity index (χ4v) is 6.22. The lowest BCUT2D eigenvalue weighted by Crippen LogP contribution is -2.48. The number of nitrogens with zero attached hydrogens (tertiary/aromatic N) is 2. The van der Waals surface area contributed by atoms with E-state index in [0.29, 0.717) is 31.9 Å². The van der Waals surface area contributed by atoms with Gasteiger partial charge in [-0.05, 0) is 48.5 Å². The van der Waals surface area contributed by atoms with Gasteiger partial charge in [-0.25, -0.2) is 16.8 Å². The van der Waals surface area contributed by atoms with E-state index in [2.05, 4.69) is 9.62 Å². The van der Waals surface area contributed by atoms with E-state index in [1.54, 1.807) is 25.3 Å². The first kappa shape index (κ1) is 25.8. The van der Waals surface area contributed by atoms with Crippen LogP contribution < -0.4 is 14.4 Å². The molecule has 34 heavy (non-hydrogen) atoms. The van der Waals surface area contributed by atoms with Crippen molar-refractivity contribution >= 4 is 43.8 Å². The molecule has 1 N–H and O–H groups in total. The van der Waals surface area contributed by atoms with Gasteiger partial charge in [0.25, 0.3) is 10.0 Å². The van der Waals surface area contributed by atoms with Crippen LogP contribution in [-0.4, -0.2) is 54.4 Å². The van der Waals surface area contributed by atoms with E-state index in [9.17, 15) is 16.8 Å². The quantitative estimate of drug-likeness (QED) is 0.509. The SMILES string of the molecule is COc1ccccc1N1CCN(S(=O)(=O)c2ccc(NS(=O)(=O)c3ccccc3)cc2)CC1.Cl. The van der Waals surface area contributed by atoms with E-state index >= 15 is 0 Å². The topological polar surface area (TPSA) is 96.0 Å². The number of halogens is 1. The molecule has 1 saturated heterocycles. The predicted octanol–water partition coefficient (Wildman–Crippen LogP) is 3.43. The molecule has 182 valence electrons. The minimum absolute atomic E-state index is 0. The van der Waals surface area contributed by atoms with Crippen LogP contribution in [0.3, 0.4) is 0 Å². The van der Waals surface area contributed by atoms with Gasteiger partial charge in [0.2, 0.25) is 10.0 Å². The van der Waals surface area contributed by atoms with Gasteiger partial charge in [0.05, 0.1) is 22.6 Å². The molecule has 3 aromatic carbocycles. The van der Waals surface area contributed by atoms with Crippen LogP contribution in [0.4, 0.5) is 11.4 Å². The molecule has 0 saturated carbocycles. The Labute approximate surface area is 206 Å². The van der Waals surface area contributed by atoms with Gasteiger partial charge >= 0.3 is 0 Å². The molecule has 11 heteroatoms. The highest BCUT2D eigenvalue weighted by molar-refractivity contribution is 7.92. The summed E-state index contributed by atoms with van der Waals surface area (Å²) >= 11 is 0. The average molecular weight is 524 g/mol. The van der Waals surface area contributed by atoms with Crippen molar-refractivity contribution in [3.63, 3.8) is 0 Å². The minimum Gasteiger partial charge on any atom is -0.495 e. The molecule has 3 aromatic rings. The van der Waals surface area contributed by atoms with Crippen molar-refractivity contribution in [2.75, 3.05) is 42.9 Å². The zero-order valence-electron chi connectivity index (χ0n) is 18.5. The molecule has 4 rings (SSSR count). The first-order valence-corrected chi connectivity index (χ1v) is 13.3. The highest BCUT2D eigenvalue weighted by Gasteiger charge is 2.29. The van der Waals surface area contributed by atoms with E-state index in [1.807, 2.05) is 24.3 Å². The summed E-state index contributed by atoms with van der Waals surface area (Å²) < 4.78 is 60.5. The molecule has 0 radical (unpaired) electrons. The summed E-state index contributed by atoms with van der Waals surface area (Å²) in [4.78, 5) is 2.36. The van der Waals surface area contributed by atoms with Crippen molar-refractivity contribution in [3.8, 4) is 5.75 Å². The van der Waals surface area contributed by atoms with E-state index in [1.165, 1.54) is 40.7 Å². The van der Waals surface area contributed by atoms with Crippen LogP contribution >= 0.6 is 12.4 Å². The number of benzene rings is 3. The summed E-state index contributed by atoms with van der Waals surface area (Å²) in [5.74, 6) is 0.752. The zero-order valence-corrected chi connectivity index (χ0v) is 20.9. The molecule has 8 nitrogen and oxygen atoms in total. The van der Waals surface area contributed by atoms with Crippen LogP contribution in [0.1, 0.15) is 0 Å². The molecule has 1 aliphatic rings. The average Bonchev–Trinajstić information content (AvgIpc) is 2.85. The predicted molar refractivity (Wildman–Crippen MR) is 135 cm³/mol. The normalized spacial score (nSPS) is 14.8. The van der Waals surface area contributed by atoms with E-state index in [0.717, 1.165) is 11.4 Å². The van der Waals surface area contributed by atoms with Crippen LogP contribution in [-0.2, 0) is 20.0 Å². The summed E-state index contributed by atoms with van der Waals surface area (Å²) in [5, 5.41) is 0. The number of ether oxygens (including phenoxy) is 1. The lowest BCUT2D eigenvalue weighted by Gasteiger charge is -2.35. The van der Waals surface area contributed by atoms with E-state index in [-0.39, 0.29) is 22.2 Å². The maximum absolute atomic E-state index is 13.1. The Kier molecular flexibility index (Phi) is 8.09. The second kappa shape index (κ2) is 10.6. The molecule has 0 aliphatic carbocycles. The van der Waals surface area contributed by atoms with Gasteiger partial charge in [0.1, 0.15) is 5.75 Å². The molecule has 0 spiro atoms. The zero-order chi connectivity index (χ0) is 23.5. The molecule has 1 aliphatic heterocycles. The Morgan fingerprint density at radius 1 is 0.735 bits per heavy atom. The van der Waals surface area contributed by atoms with Gasteiger partial charge in [0, 0.05) is 31.9 Å². The molecule has 0 aromatic heterocycles. The molecular formula is C23H26ClN3O5S2. The summed E-state index contributed by atoms with van der Waals surface area (Å²) in [5.41, 5.74) is 1.23. The van der Waals surface area contributed by atoms with Crippen molar-refractivity contribution in [1.29, 1.82) is 0 Å². The third-order valence-corrected chi connectivity index (χ3v) is 8.77. The molecule has 0 unspecified atom stereocenters. The van der Waals surface area contributed by atoms with Crippen molar-refractivity contribution < 1.29 is 21.6 Å². The molecule has 0 amide bonds. The number of para-hydroxylation sites is 2. The maximum atomic E-state index is 13.1. The van der Waals surface area contributed by atoms with Gasteiger partial charge in [-0.15, -0.1) is 12.4 Å². The van der Waals surface area contributed by atoms with Crippen LogP contribution in [0.15, 0.2) is 88.7 Å². The number of piperazine rings is 1. The van der Waals surface area contributed by atoms with Crippen molar-refractivity contribution in [2.24, 2.45) is 0 Å². The van der Waals surface area contributed by atoms with Crippen LogP contribution in [0, 0.1) is 0 Å². The standard InChI is InChI=1S/C23H25N3O5S2.ClH/c1-31-23-10-6-5-9-22(23)25-15-17-26(18-16-25)33(29,30)21-13-11-19(12-14-21)24-32(27,28)20-7-3-2-4-8-20;/h2-14,24H,15-18H2,1H3;1H. The summed E-state index contributed by atoms with van der Waals surface area (Å²) in [6.07, 6.45) is 0. The summed E-state index contributed by atoms with van der Waals surface area (Å²) in [6.45, 7) is 1.74. The first-order valence-electron chi connectivity index (χ1n) is 10.4. The van der Waals surface area contributed by atoms with Crippen molar-refractivity contribution in [1.82, 2.24) is 4.31 Å². The Morgan fingerprint density at radius 2 is 1.32 bits per heavy atom. The minimum atomic E-state index is -3.75. The highest BCUT2D eigenvalue weighted by atomic mass is 35.5. The lowest BCUT2D eigenvalue weighted by molar-refractivity contribution is 0.378. The third kappa shape index (κ3) is 5.47. The van der Waals surface area contributed by atoms with Gasteiger partial charge in [-0.3, -0.25) is 4.72 Å². The van der Waals surface area contributed by atoms with E-state index < -0.39 is 20.0 Å². The number of anilines is 2. The van der Waals surface area contributed by atoms with Crippen molar-refractivity contribution in [3.05, 3.63) is 78.9 Å². The number of rotatable bonds is 7. The van der Waals surface area contributed by atoms with Gasteiger partial charge in [-0.2, -0.15) is 4.31 Å². The van der Waals surface area contributed by atoms with Crippen molar-refractivity contribution in [2.45, 2.75) is 9.79 Å². The molecule has 0 bridgehead atoms. The van der Waals surface area contributed by atoms with E-state index in [4.69, 9.17) is 4.74 Å².